The molecule has 0 aliphatic carbocycles. The van der Waals surface area contributed by atoms with Gasteiger partial charge in [0.15, 0.2) is 0 Å². The number of aromatic amines is 1. The third-order valence-corrected chi connectivity index (χ3v) is 1.57. The Balaban J connectivity index is 1.94. The first-order chi connectivity index (χ1) is 6.45. The highest BCUT2D eigenvalue weighted by molar-refractivity contribution is 5.24. The van der Waals surface area contributed by atoms with Gasteiger partial charge in [0.05, 0.1) is 6.20 Å². The second-order valence-electron chi connectivity index (χ2n) is 2.53. The minimum Gasteiger partial charge on any atom is -0.350 e. The van der Waals surface area contributed by atoms with E-state index in [1.165, 1.54) is 0 Å². The summed E-state index contributed by atoms with van der Waals surface area (Å²) in [7, 11) is 0. The highest BCUT2D eigenvalue weighted by Crippen LogP contribution is 1.99. The SMILES string of the molecule is c1cnc(NCc2cn[nH]c2)nc1. The zero-order chi connectivity index (χ0) is 8.93. The molecule has 13 heavy (non-hydrogen) atoms. The fourth-order valence-electron chi connectivity index (χ4n) is 0.946. The van der Waals surface area contributed by atoms with Crippen molar-refractivity contribution in [3.8, 4) is 0 Å². The van der Waals surface area contributed by atoms with Gasteiger partial charge >= 0.3 is 0 Å². The molecule has 0 saturated heterocycles. The van der Waals surface area contributed by atoms with Gasteiger partial charge in [-0.2, -0.15) is 5.10 Å². The van der Waals surface area contributed by atoms with E-state index >= 15 is 0 Å². The summed E-state index contributed by atoms with van der Waals surface area (Å²) in [5, 5.41) is 9.63. The molecular weight excluding hydrogens is 166 g/mol. The summed E-state index contributed by atoms with van der Waals surface area (Å²) >= 11 is 0. The van der Waals surface area contributed by atoms with Crippen LogP contribution in [-0.4, -0.2) is 20.2 Å². The lowest BCUT2D eigenvalue weighted by molar-refractivity contribution is 1.06. The summed E-state index contributed by atoms with van der Waals surface area (Å²) in [4.78, 5) is 8.05. The monoisotopic (exact) mass is 175 g/mol. The summed E-state index contributed by atoms with van der Waals surface area (Å²) in [5.41, 5.74) is 1.08. The molecule has 0 radical (unpaired) electrons. The molecular formula is C8H9N5. The van der Waals surface area contributed by atoms with Gasteiger partial charge in [-0.3, -0.25) is 5.10 Å². The average Bonchev–Trinajstić information content (AvgIpc) is 2.69. The molecule has 2 N–H and O–H groups in total. The number of nitrogens with zero attached hydrogens (tertiary/aromatic N) is 3. The second-order valence-corrected chi connectivity index (χ2v) is 2.53. The van der Waals surface area contributed by atoms with Gasteiger partial charge in [-0.25, -0.2) is 9.97 Å². The molecule has 0 bridgehead atoms. The van der Waals surface area contributed by atoms with Gasteiger partial charge in [0.2, 0.25) is 5.95 Å². The van der Waals surface area contributed by atoms with Gasteiger partial charge < -0.3 is 5.32 Å². The number of rotatable bonds is 3. The number of hydrogen-bond acceptors (Lipinski definition) is 4. The van der Waals surface area contributed by atoms with E-state index < -0.39 is 0 Å². The van der Waals surface area contributed by atoms with Crippen molar-refractivity contribution in [1.82, 2.24) is 20.2 Å². The van der Waals surface area contributed by atoms with Crippen LogP contribution >= 0.6 is 0 Å². The van der Waals surface area contributed by atoms with Gasteiger partial charge in [0, 0.05) is 30.7 Å². The van der Waals surface area contributed by atoms with Crippen molar-refractivity contribution in [3.63, 3.8) is 0 Å². The second kappa shape index (κ2) is 3.66. The van der Waals surface area contributed by atoms with Crippen LogP contribution in [0.4, 0.5) is 5.95 Å². The molecule has 0 aromatic carbocycles. The van der Waals surface area contributed by atoms with Gasteiger partial charge in [-0.05, 0) is 6.07 Å². The predicted octanol–water partition coefficient (Wildman–Crippen LogP) is 0.812. The van der Waals surface area contributed by atoms with Crippen molar-refractivity contribution < 1.29 is 0 Å². The van der Waals surface area contributed by atoms with Crippen molar-refractivity contribution in [2.45, 2.75) is 6.54 Å². The Morgan fingerprint density at radius 2 is 2.15 bits per heavy atom. The fraction of sp³-hybridized carbons (Fsp3) is 0.125. The van der Waals surface area contributed by atoms with E-state index in [9.17, 15) is 0 Å². The van der Waals surface area contributed by atoms with Gasteiger partial charge in [-0.15, -0.1) is 0 Å². The van der Waals surface area contributed by atoms with Crippen molar-refractivity contribution >= 4 is 5.95 Å². The van der Waals surface area contributed by atoms with Crippen molar-refractivity contribution in [3.05, 3.63) is 36.4 Å². The van der Waals surface area contributed by atoms with Crippen LogP contribution in [0, 0.1) is 0 Å². The molecule has 0 saturated carbocycles. The molecule has 2 rings (SSSR count). The van der Waals surface area contributed by atoms with Crippen LogP contribution in [0.5, 0.6) is 0 Å². The van der Waals surface area contributed by atoms with Crippen LogP contribution in [0.15, 0.2) is 30.9 Å². The Labute approximate surface area is 75.2 Å². The molecule has 5 nitrogen and oxygen atoms in total. The van der Waals surface area contributed by atoms with Gasteiger partial charge in [-0.1, -0.05) is 0 Å². The summed E-state index contributed by atoms with van der Waals surface area (Å²) < 4.78 is 0. The minimum atomic E-state index is 0.628. The topological polar surface area (TPSA) is 66.5 Å². The van der Waals surface area contributed by atoms with E-state index in [1.54, 1.807) is 24.7 Å². The molecule has 0 aliphatic heterocycles. The quantitative estimate of drug-likeness (QED) is 0.724. The van der Waals surface area contributed by atoms with Crippen molar-refractivity contribution in [1.29, 1.82) is 0 Å². The molecule has 0 aliphatic rings. The molecule has 5 heteroatoms. The Hall–Kier alpha value is -1.91. The number of hydrogen-bond donors (Lipinski definition) is 2. The maximum Gasteiger partial charge on any atom is 0.222 e. The Kier molecular flexibility index (Phi) is 2.18. The molecule has 0 fully saturated rings. The molecule has 0 unspecified atom stereocenters. The van der Waals surface area contributed by atoms with E-state index in [1.807, 2.05) is 6.20 Å². The molecule has 2 heterocycles. The highest BCUT2D eigenvalue weighted by atomic mass is 15.1. The summed E-state index contributed by atoms with van der Waals surface area (Å²) in [6.45, 7) is 0.681. The summed E-state index contributed by atoms with van der Waals surface area (Å²) in [5.74, 6) is 0.628. The lowest BCUT2D eigenvalue weighted by atomic mass is 10.4. The zero-order valence-corrected chi connectivity index (χ0v) is 6.94. The molecule has 0 atom stereocenters. The number of H-pyrrole nitrogens is 1. The van der Waals surface area contributed by atoms with Crippen molar-refractivity contribution in [2.24, 2.45) is 0 Å². The number of aromatic nitrogens is 4. The molecule has 0 amide bonds. The van der Waals surface area contributed by atoms with E-state index in [2.05, 4.69) is 25.5 Å². The van der Waals surface area contributed by atoms with E-state index in [0.29, 0.717) is 12.5 Å². The standard InChI is InChI=1S/C8H9N5/c1-2-9-8(10-3-1)11-4-7-5-12-13-6-7/h1-3,5-6H,4H2,(H,12,13)(H,9,10,11). The highest BCUT2D eigenvalue weighted by Gasteiger charge is 1.94. The number of anilines is 1. The lowest BCUT2D eigenvalue weighted by Gasteiger charge is -2.00. The predicted molar refractivity (Wildman–Crippen MR) is 47.9 cm³/mol. The first-order valence-corrected chi connectivity index (χ1v) is 3.94. The lowest BCUT2D eigenvalue weighted by Crippen LogP contribution is -2.01. The number of nitrogens with one attached hydrogen (secondary N) is 2. The zero-order valence-electron chi connectivity index (χ0n) is 6.94. The molecule has 66 valence electrons. The summed E-state index contributed by atoms with van der Waals surface area (Å²) in [6, 6.07) is 1.78. The smallest absolute Gasteiger partial charge is 0.222 e. The van der Waals surface area contributed by atoms with E-state index in [4.69, 9.17) is 0 Å². The van der Waals surface area contributed by atoms with Crippen LogP contribution in [-0.2, 0) is 6.54 Å². The molecule has 0 spiro atoms. The molecule has 2 aromatic rings. The summed E-state index contributed by atoms with van der Waals surface area (Å²) in [6.07, 6.45) is 6.99. The maximum atomic E-state index is 4.03. The Morgan fingerprint density at radius 3 is 2.85 bits per heavy atom. The van der Waals surface area contributed by atoms with Crippen LogP contribution in [0.3, 0.4) is 0 Å². The maximum absolute atomic E-state index is 4.03. The fourth-order valence-corrected chi connectivity index (χ4v) is 0.946. The normalized spacial score (nSPS) is 9.85. The van der Waals surface area contributed by atoms with E-state index in [0.717, 1.165) is 5.56 Å². The molecule has 2 aromatic heterocycles. The first kappa shape index (κ1) is 7.72. The van der Waals surface area contributed by atoms with Crippen LogP contribution < -0.4 is 5.32 Å². The minimum absolute atomic E-state index is 0.628. The van der Waals surface area contributed by atoms with Crippen molar-refractivity contribution in [2.75, 3.05) is 5.32 Å². The van der Waals surface area contributed by atoms with Gasteiger partial charge in [0.1, 0.15) is 0 Å². The third-order valence-electron chi connectivity index (χ3n) is 1.57. The van der Waals surface area contributed by atoms with Gasteiger partial charge in [0.25, 0.3) is 0 Å². The average molecular weight is 175 g/mol. The first-order valence-electron chi connectivity index (χ1n) is 3.94. The largest absolute Gasteiger partial charge is 0.350 e. The Morgan fingerprint density at radius 1 is 1.31 bits per heavy atom. The third kappa shape index (κ3) is 2.02. The van der Waals surface area contributed by atoms with Crippen LogP contribution in [0.25, 0.3) is 0 Å². The van der Waals surface area contributed by atoms with Crippen LogP contribution in [0.2, 0.25) is 0 Å². The Bertz CT molecular complexity index is 342. The van der Waals surface area contributed by atoms with E-state index in [-0.39, 0.29) is 0 Å². The van der Waals surface area contributed by atoms with Crippen LogP contribution in [0.1, 0.15) is 5.56 Å².